The van der Waals surface area contributed by atoms with E-state index in [4.69, 9.17) is 9.47 Å². The molecule has 1 aromatic heterocycles. The van der Waals surface area contributed by atoms with Gasteiger partial charge in [-0.2, -0.15) is 0 Å². The van der Waals surface area contributed by atoms with E-state index in [2.05, 4.69) is 10.6 Å². The van der Waals surface area contributed by atoms with E-state index in [0.29, 0.717) is 23.7 Å². The SMILES string of the molecule is Cn1c(C(=O)NC(COCc2ccccc2)C(=O)Nc2ccc(Oc3ccccc3)cc2)cc2ccccc21. The summed E-state index contributed by atoms with van der Waals surface area (Å²) in [6.07, 6.45) is 0. The number of carbonyl (C=O) groups excluding carboxylic acids is 2. The number of carbonyl (C=O) groups is 2. The van der Waals surface area contributed by atoms with Crippen LogP contribution in [0.15, 0.2) is 115 Å². The standard InChI is InChI=1S/C32H29N3O4/c1-35-29-15-9-8-12-24(29)20-30(35)32(37)34-28(22-38-21-23-10-4-2-5-11-23)31(36)33-25-16-18-27(19-17-25)39-26-13-6-3-7-14-26/h2-20,28H,21-22H2,1H3,(H,33,36)(H,34,37). The van der Waals surface area contributed by atoms with Crippen molar-refractivity contribution < 1.29 is 19.1 Å². The first-order valence-corrected chi connectivity index (χ1v) is 12.7. The second-order valence-corrected chi connectivity index (χ2v) is 9.10. The summed E-state index contributed by atoms with van der Waals surface area (Å²) in [4.78, 5) is 26.6. The molecule has 2 amide bonds. The fourth-order valence-corrected chi connectivity index (χ4v) is 4.25. The van der Waals surface area contributed by atoms with Crippen LogP contribution in [0.1, 0.15) is 16.1 Å². The molecule has 2 N–H and O–H groups in total. The summed E-state index contributed by atoms with van der Waals surface area (Å²) in [6.45, 7) is 0.325. The van der Waals surface area contributed by atoms with E-state index in [1.165, 1.54) is 0 Å². The number of anilines is 1. The molecule has 0 spiro atoms. The molecule has 0 aliphatic heterocycles. The van der Waals surface area contributed by atoms with Crippen LogP contribution < -0.4 is 15.4 Å². The summed E-state index contributed by atoms with van der Waals surface area (Å²) in [5.74, 6) is 0.627. The second-order valence-electron chi connectivity index (χ2n) is 9.10. The Morgan fingerprint density at radius 3 is 2.15 bits per heavy atom. The zero-order chi connectivity index (χ0) is 27.0. The largest absolute Gasteiger partial charge is 0.457 e. The average molecular weight is 520 g/mol. The normalized spacial score (nSPS) is 11.6. The van der Waals surface area contributed by atoms with E-state index in [0.717, 1.165) is 22.2 Å². The van der Waals surface area contributed by atoms with Crippen LogP contribution in [0.5, 0.6) is 11.5 Å². The Morgan fingerprint density at radius 1 is 0.795 bits per heavy atom. The third-order valence-electron chi connectivity index (χ3n) is 6.30. The van der Waals surface area contributed by atoms with Crippen molar-refractivity contribution in [3.63, 3.8) is 0 Å². The van der Waals surface area contributed by atoms with Crippen molar-refractivity contribution in [3.05, 3.63) is 127 Å². The number of fused-ring (bicyclic) bond motifs is 1. The molecule has 4 aromatic carbocycles. The second kappa shape index (κ2) is 12.1. The van der Waals surface area contributed by atoms with Crippen LogP contribution in [0.25, 0.3) is 10.9 Å². The topological polar surface area (TPSA) is 81.6 Å². The molecule has 39 heavy (non-hydrogen) atoms. The maximum atomic E-state index is 13.3. The average Bonchev–Trinajstić information content (AvgIpc) is 3.31. The van der Waals surface area contributed by atoms with Crippen LogP contribution in [0.4, 0.5) is 5.69 Å². The number of aromatic nitrogens is 1. The third-order valence-corrected chi connectivity index (χ3v) is 6.30. The van der Waals surface area contributed by atoms with Gasteiger partial charge in [-0.05, 0) is 54.1 Å². The van der Waals surface area contributed by atoms with Crippen LogP contribution >= 0.6 is 0 Å². The van der Waals surface area contributed by atoms with Gasteiger partial charge >= 0.3 is 0 Å². The molecule has 0 fully saturated rings. The number of rotatable bonds is 10. The molecule has 0 bridgehead atoms. The highest BCUT2D eigenvalue weighted by atomic mass is 16.5. The molecule has 7 nitrogen and oxygen atoms in total. The molecule has 7 heteroatoms. The van der Waals surface area contributed by atoms with Gasteiger partial charge < -0.3 is 24.7 Å². The van der Waals surface area contributed by atoms with Crippen LogP contribution in [0.2, 0.25) is 0 Å². The number of hydrogen-bond acceptors (Lipinski definition) is 4. The first-order valence-electron chi connectivity index (χ1n) is 12.7. The zero-order valence-corrected chi connectivity index (χ0v) is 21.5. The summed E-state index contributed by atoms with van der Waals surface area (Å²) >= 11 is 0. The van der Waals surface area contributed by atoms with Crippen molar-refractivity contribution in [2.75, 3.05) is 11.9 Å². The number of hydrogen-bond donors (Lipinski definition) is 2. The van der Waals surface area contributed by atoms with Gasteiger partial charge in [0.15, 0.2) is 0 Å². The number of aryl methyl sites for hydroxylation is 1. The van der Waals surface area contributed by atoms with Gasteiger partial charge in [-0.15, -0.1) is 0 Å². The monoisotopic (exact) mass is 519 g/mol. The summed E-state index contributed by atoms with van der Waals surface area (Å²) in [5.41, 5.74) is 2.94. The molecule has 5 aromatic rings. The number of nitrogens with one attached hydrogen (secondary N) is 2. The molecule has 0 radical (unpaired) electrons. The lowest BCUT2D eigenvalue weighted by atomic mass is 10.2. The molecule has 1 atom stereocenters. The van der Waals surface area contributed by atoms with E-state index in [1.54, 1.807) is 24.3 Å². The van der Waals surface area contributed by atoms with E-state index in [-0.39, 0.29) is 18.4 Å². The minimum Gasteiger partial charge on any atom is -0.457 e. The van der Waals surface area contributed by atoms with Crippen molar-refractivity contribution in [2.24, 2.45) is 7.05 Å². The van der Waals surface area contributed by atoms with E-state index >= 15 is 0 Å². The highest BCUT2D eigenvalue weighted by Gasteiger charge is 2.24. The molecule has 0 aliphatic rings. The lowest BCUT2D eigenvalue weighted by Gasteiger charge is -2.19. The van der Waals surface area contributed by atoms with Crippen LogP contribution in [0.3, 0.4) is 0 Å². The highest BCUT2D eigenvalue weighted by Crippen LogP contribution is 2.23. The van der Waals surface area contributed by atoms with Crippen LogP contribution in [-0.2, 0) is 23.2 Å². The first-order chi connectivity index (χ1) is 19.1. The Hall–Kier alpha value is -4.88. The predicted molar refractivity (Wildman–Crippen MR) is 152 cm³/mol. The summed E-state index contributed by atoms with van der Waals surface area (Å²) < 4.78 is 13.5. The Balaban J connectivity index is 1.28. The molecule has 196 valence electrons. The Labute approximate surface area is 227 Å². The van der Waals surface area contributed by atoms with Crippen molar-refractivity contribution in [3.8, 4) is 11.5 Å². The molecule has 0 saturated carbocycles. The molecular formula is C32H29N3O4. The van der Waals surface area contributed by atoms with Gasteiger partial charge in [-0.3, -0.25) is 9.59 Å². The van der Waals surface area contributed by atoms with Gasteiger partial charge in [-0.1, -0.05) is 66.7 Å². The fourth-order valence-electron chi connectivity index (χ4n) is 4.25. The molecular weight excluding hydrogens is 490 g/mol. The summed E-state index contributed by atoms with van der Waals surface area (Å²) in [7, 11) is 1.83. The minimum atomic E-state index is -0.917. The summed E-state index contributed by atoms with van der Waals surface area (Å²) in [6, 6.07) is 34.8. The maximum absolute atomic E-state index is 13.3. The first kappa shape index (κ1) is 25.8. The lowest BCUT2D eigenvalue weighted by Crippen LogP contribution is -2.47. The number of para-hydroxylation sites is 2. The smallest absolute Gasteiger partial charge is 0.268 e. The fraction of sp³-hybridized carbons (Fsp3) is 0.125. The van der Waals surface area contributed by atoms with Gasteiger partial charge in [0.2, 0.25) is 5.91 Å². The molecule has 0 saturated heterocycles. The van der Waals surface area contributed by atoms with Crippen molar-refractivity contribution in [2.45, 2.75) is 12.6 Å². The van der Waals surface area contributed by atoms with Gasteiger partial charge in [0.05, 0.1) is 13.2 Å². The van der Waals surface area contributed by atoms with E-state index in [1.807, 2.05) is 103 Å². The van der Waals surface area contributed by atoms with Gasteiger partial charge in [0.1, 0.15) is 23.2 Å². The van der Waals surface area contributed by atoms with Crippen molar-refractivity contribution in [1.29, 1.82) is 0 Å². The molecule has 1 heterocycles. The van der Waals surface area contributed by atoms with Crippen molar-refractivity contribution >= 4 is 28.4 Å². The number of amides is 2. The zero-order valence-electron chi connectivity index (χ0n) is 21.5. The lowest BCUT2D eigenvalue weighted by molar-refractivity contribution is -0.119. The predicted octanol–water partition coefficient (Wildman–Crippen LogP) is 5.92. The van der Waals surface area contributed by atoms with E-state index < -0.39 is 6.04 Å². The third kappa shape index (κ3) is 6.52. The van der Waals surface area contributed by atoms with Gasteiger partial charge in [0.25, 0.3) is 5.91 Å². The summed E-state index contributed by atoms with van der Waals surface area (Å²) in [5, 5.41) is 6.70. The van der Waals surface area contributed by atoms with Crippen LogP contribution in [-0.4, -0.2) is 29.0 Å². The Bertz CT molecular complexity index is 1550. The molecule has 5 rings (SSSR count). The molecule has 0 aliphatic carbocycles. The Kier molecular flexibility index (Phi) is 8.00. The number of benzene rings is 4. The van der Waals surface area contributed by atoms with E-state index in [9.17, 15) is 9.59 Å². The Morgan fingerprint density at radius 2 is 1.44 bits per heavy atom. The number of nitrogens with zero attached hydrogens (tertiary/aromatic N) is 1. The maximum Gasteiger partial charge on any atom is 0.268 e. The van der Waals surface area contributed by atoms with Crippen molar-refractivity contribution in [1.82, 2.24) is 9.88 Å². The van der Waals surface area contributed by atoms with Gasteiger partial charge in [-0.25, -0.2) is 0 Å². The number of ether oxygens (including phenoxy) is 2. The van der Waals surface area contributed by atoms with Crippen LogP contribution in [0, 0.1) is 0 Å². The molecule has 1 unspecified atom stereocenters. The minimum absolute atomic E-state index is 0.00557. The van der Waals surface area contributed by atoms with Gasteiger partial charge in [0, 0.05) is 23.6 Å². The quantitative estimate of drug-likeness (QED) is 0.240. The highest BCUT2D eigenvalue weighted by molar-refractivity contribution is 6.03.